The topological polar surface area (TPSA) is 96.0 Å². The molecule has 1 fully saturated rings. The molecule has 6 nitrogen and oxygen atoms in total. The van der Waals surface area contributed by atoms with Crippen LogP contribution in [0.4, 0.5) is 10.1 Å². The molecule has 98 valence electrons. The predicted molar refractivity (Wildman–Crippen MR) is 62.6 cm³/mol. The fraction of sp³-hybridized carbons (Fsp3) is 0.333. The summed E-state index contributed by atoms with van der Waals surface area (Å²) in [5.74, 6) is -1.56. The van der Waals surface area contributed by atoms with Crippen LogP contribution in [0, 0.1) is 33.2 Å². The second-order valence-corrected chi connectivity index (χ2v) is 4.34. The van der Waals surface area contributed by atoms with E-state index in [1.54, 1.807) is 0 Å². The van der Waals surface area contributed by atoms with Gasteiger partial charge in [-0.25, -0.2) is 4.39 Å². The first kappa shape index (κ1) is 13.0. The van der Waals surface area contributed by atoms with E-state index in [9.17, 15) is 19.3 Å². The maximum atomic E-state index is 13.5. The Morgan fingerprint density at radius 1 is 1.58 bits per heavy atom. The van der Waals surface area contributed by atoms with Crippen molar-refractivity contribution in [1.82, 2.24) is 5.32 Å². The van der Waals surface area contributed by atoms with Crippen LogP contribution < -0.4 is 5.32 Å². The summed E-state index contributed by atoms with van der Waals surface area (Å²) in [4.78, 5) is 21.7. The Balaban J connectivity index is 2.20. The van der Waals surface area contributed by atoms with Crippen LogP contribution >= 0.6 is 0 Å². The van der Waals surface area contributed by atoms with Gasteiger partial charge in [0.1, 0.15) is 11.9 Å². The van der Waals surface area contributed by atoms with Crippen molar-refractivity contribution in [3.63, 3.8) is 0 Å². The van der Waals surface area contributed by atoms with Crippen molar-refractivity contribution in [2.75, 3.05) is 0 Å². The number of nitrogens with one attached hydrogen (secondary N) is 1. The van der Waals surface area contributed by atoms with Gasteiger partial charge in [-0.05, 0) is 24.8 Å². The summed E-state index contributed by atoms with van der Waals surface area (Å²) in [6, 6.07) is 3.97. The van der Waals surface area contributed by atoms with E-state index in [4.69, 9.17) is 5.26 Å². The highest BCUT2D eigenvalue weighted by Crippen LogP contribution is 2.32. The largest absolute Gasteiger partial charge is 0.336 e. The Hall–Kier alpha value is -2.49. The van der Waals surface area contributed by atoms with Gasteiger partial charge in [0.2, 0.25) is 0 Å². The number of nitro groups is 1. The molecule has 0 heterocycles. The Bertz CT molecular complexity index is 578. The van der Waals surface area contributed by atoms with Gasteiger partial charge in [-0.1, -0.05) is 0 Å². The number of hydrogen-bond acceptors (Lipinski definition) is 4. The van der Waals surface area contributed by atoms with Crippen LogP contribution in [0.3, 0.4) is 0 Å². The number of amides is 1. The highest BCUT2D eigenvalue weighted by atomic mass is 19.1. The van der Waals surface area contributed by atoms with Gasteiger partial charge < -0.3 is 5.32 Å². The number of non-ortho nitro benzene ring substituents is 1. The van der Waals surface area contributed by atoms with Crippen LogP contribution in [0.2, 0.25) is 0 Å². The number of nitriles is 1. The van der Waals surface area contributed by atoms with Crippen molar-refractivity contribution >= 4 is 11.6 Å². The number of rotatable bonds is 4. The Morgan fingerprint density at radius 3 is 2.79 bits per heavy atom. The summed E-state index contributed by atoms with van der Waals surface area (Å²) in [6.07, 6.45) is 1.69. The van der Waals surface area contributed by atoms with Crippen LogP contribution in [-0.4, -0.2) is 16.9 Å². The van der Waals surface area contributed by atoms with E-state index in [-0.39, 0.29) is 11.6 Å². The van der Waals surface area contributed by atoms with Crippen LogP contribution in [0.1, 0.15) is 23.2 Å². The van der Waals surface area contributed by atoms with Crippen LogP contribution in [-0.2, 0) is 0 Å². The van der Waals surface area contributed by atoms with Crippen molar-refractivity contribution in [3.05, 3.63) is 39.7 Å². The van der Waals surface area contributed by atoms with Gasteiger partial charge in [0.05, 0.1) is 16.6 Å². The van der Waals surface area contributed by atoms with Crippen molar-refractivity contribution in [2.24, 2.45) is 5.92 Å². The first-order chi connectivity index (χ1) is 9.02. The quantitative estimate of drug-likeness (QED) is 0.661. The maximum Gasteiger partial charge on any atom is 0.270 e. The summed E-state index contributed by atoms with van der Waals surface area (Å²) in [5.41, 5.74) is -0.790. The molecule has 0 radical (unpaired) electrons. The third kappa shape index (κ3) is 2.85. The monoisotopic (exact) mass is 263 g/mol. The average molecular weight is 263 g/mol. The van der Waals surface area contributed by atoms with Gasteiger partial charge in [0, 0.05) is 12.1 Å². The van der Waals surface area contributed by atoms with E-state index in [1.807, 2.05) is 6.07 Å². The van der Waals surface area contributed by atoms with Gasteiger partial charge >= 0.3 is 0 Å². The van der Waals surface area contributed by atoms with E-state index in [0.29, 0.717) is 0 Å². The van der Waals surface area contributed by atoms with E-state index in [1.165, 1.54) is 0 Å². The molecule has 1 unspecified atom stereocenters. The molecule has 1 aromatic rings. The standard InChI is InChI=1S/C12H10FN3O3/c13-10-4-3-8(16(18)19)5-9(10)12(17)15-11(6-14)7-1-2-7/h3-5,7,11H,1-2H2,(H,15,17). The minimum atomic E-state index is -0.851. The van der Waals surface area contributed by atoms with Crippen LogP contribution in [0.5, 0.6) is 0 Å². The molecule has 7 heteroatoms. The van der Waals surface area contributed by atoms with Crippen molar-refractivity contribution in [1.29, 1.82) is 5.26 Å². The van der Waals surface area contributed by atoms with Crippen LogP contribution in [0.25, 0.3) is 0 Å². The van der Waals surface area contributed by atoms with Gasteiger partial charge in [-0.15, -0.1) is 0 Å². The van der Waals surface area contributed by atoms with Crippen molar-refractivity contribution in [3.8, 4) is 6.07 Å². The summed E-state index contributed by atoms with van der Waals surface area (Å²) in [5, 5.41) is 21.8. The lowest BCUT2D eigenvalue weighted by Crippen LogP contribution is -2.35. The van der Waals surface area contributed by atoms with Crippen molar-refractivity contribution in [2.45, 2.75) is 18.9 Å². The van der Waals surface area contributed by atoms with Crippen molar-refractivity contribution < 1.29 is 14.1 Å². The number of benzene rings is 1. The molecule has 2 rings (SSSR count). The number of nitrogens with zero attached hydrogens (tertiary/aromatic N) is 2. The molecule has 0 saturated heterocycles. The zero-order valence-corrected chi connectivity index (χ0v) is 9.80. The first-order valence-corrected chi connectivity index (χ1v) is 5.67. The van der Waals surface area contributed by atoms with E-state index < -0.39 is 28.3 Å². The molecule has 1 aliphatic rings. The molecular formula is C12H10FN3O3. The van der Waals surface area contributed by atoms with Gasteiger partial charge in [0.25, 0.3) is 11.6 Å². The molecule has 1 atom stereocenters. The lowest BCUT2D eigenvalue weighted by Gasteiger charge is -2.10. The average Bonchev–Trinajstić information content (AvgIpc) is 3.20. The molecule has 0 aromatic heterocycles. The third-order valence-corrected chi connectivity index (χ3v) is 2.92. The third-order valence-electron chi connectivity index (χ3n) is 2.92. The fourth-order valence-corrected chi connectivity index (χ4v) is 1.70. The highest BCUT2D eigenvalue weighted by molar-refractivity contribution is 5.95. The zero-order chi connectivity index (χ0) is 14.0. The summed E-state index contributed by atoms with van der Waals surface area (Å²) >= 11 is 0. The second-order valence-electron chi connectivity index (χ2n) is 4.34. The number of hydrogen-bond donors (Lipinski definition) is 1. The zero-order valence-electron chi connectivity index (χ0n) is 9.80. The number of nitro benzene ring substituents is 1. The molecule has 0 aliphatic heterocycles. The second kappa shape index (κ2) is 5.02. The molecule has 0 spiro atoms. The number of carbonyl (C=O) groups is 1. The van der Waals surface area contributed by atoms with Crippen LogP contribution in [0.15, 0.2) is 18.2 Å². The molecule has 1 aromatic carbocycles. The molecule has 1 aliphatic carbocycles. The first-order valence-electron chi connectivity index (χ1n) is 5.67. The Labute approximate surface area is 108 Å². The molecule has 0 bridgehead atoms. The van der Waals surface area contributed by atoms with E-state index in [0.717, 1.165) is 31.0 Å². The number of carbonyl (C=O) groups excluding carboxylic acids is 1. The van der Waals surface area contributed by atoms with Gasteiger partial charge in [-0.2, -0.15) is 5.26 Å². The SMILES string of the molecule is N#CC(NC(=O)c1cc([N+](=O)[O-])ccc1F)C1CC1. The Kier molecular flexibility index (Phi) is 3.42. The van der Waals surface area contributed by atoms with Gasteiger partial charge in [0.15, 0.2) is 0 Å². The van der Waals surface area contributed by atoms with Gasteiger partial charge in [-0.3, -0.25) is 14.9 Å². The lowest BCUT2D eigenvalue weighted by molar-refractivity contribution is -0.384. The summed E-state index contributed by atoms with van der Waals surface area (Å²) < 4.78 is 13.5. The maximum absolute atomic E-state index is 13.5. The normalized spacial score (nSPS) is 15.4. The van der Waals surface area contributed by atoms with E-state index >= 15 is 0 Å². The summed E-state index contributed by atoms with van der Waals surface area (Å²) in [7, 11) is 0. The molecule has 1 amide bonds. The fourth-order valence-electron chi connectivity index (χ4n) is 1.70. The molecular weight excluding hydrogens is 253 g/mol. The minimum absolute atomic E-state index is 0.0932. The highest BCUT2D eigenvalue weighted by Gasteiger charge is 2.33. The number of halogens is 1. The Morgan fingerprint density at radius 2 is 2.26 bits per heavy atom. The smallest absolute Gasteiger partial charge is 0.270 e. The predicted octanol–water partition coefficient (Wildman–Crippen LogP) is 1.77. The molecule has 1 N–H and O–H groups in total. The minimum Gasteiger partial charge on any atom is -0.336 e. The lowest BCUT2D eigenvalue weighted by atomic mass is 10.1. The molecule has 1 saturated carbocycles. The molecule has 19 heavy (non-hydrogen) atoms. The van der Waals surface area contributed by atoms with E-state index in [2.05, 4.69) is 5.32 Å². The summed E-state index contributed by atoms with van der Waals surface area (Å²) in [6.45, 7) is 0.